The van der Waals surface area contributed by atoms with E-state index >= 15 is 4.79 Å². The summed E-state index contributed by atoms with van der Waals surface area (Å²) in [6.07, 6.45) is -58.8. The van der Waals surface area contributed by atoms with E-state index in [2.05, 4.69) is 38.7 Å². The maximum absolute atomic E-state index is 16.6. The van der Waals surface area contributed by atoms with Crippen LogP contribution < -0.4 is 5.32 Å². The molecule has 46 unspecified atom stereocenters. The lowest BCUT2D eigenvalue weighted by molar-refractivity contribution is -0.381. The fourth-order valence-electron chi connectivity index (χ4n) is 23.1. The average molecular weight is 1920 g/mol. The van der Waals surface area contributed by atoms with Crippen molar-refractivity contribution in [2.45, 2.75) is 379 Å². The third-order valence-electron chi connectivity index (χ3n) is 31.4. The Labute approximate surface area is 767 Å². The maximum Gasteiger partial charge on any atom is 0.333 e. The molecule has 8 saturated heterocycles. The molecular weight excluding hydrogens is 1770 g/mol. The van der Waals surface area contributed by atoms with E-state index in [-0.39, 0.29) is 49.5 Å². The molecule has 0 aromatic carbocycles. The van der Waals surface area contributed by atoms with Gasteiger partial charge in [-0.05, 0) is 123 Å². The molecular formula is C88H139NO44. The predicted octanol–water partition coefficient (Wildman–Crippen LogP) is -7.31. The van der Waals surface area contributed by atoms with Gasteiger partial charge in [-0.1, -0.05) is 72.3 Å². The first kappa shape index (κ1) is 106. The lowest BCUT2D eigenvalue weighted by atomic mass is 9.33. The summed E-state index contributed by atoms with van der Waals surface area (Å²) < 4.78 is 109. The molecule has 0 aromatic heterocycles. The number of ether oxygens (including phenoxy) is 18. The van der Waals surface area contributed by atoms with Crippen molar-refractivity contribution >= 4 is 23.8 Å². The minimum Gasteiger partial charge on any atom is -0.459 e. The molecule has 5 aliphatic carbocycles. The number of esters is 3. The number of carbonyl (C=O) groups is 4. The van der Waals surface area contributed by atoms with Crippen LogP contribution in [0.15, 0.2) is 36.0 Å². The van der Waals surface area contributed by atoms with Gasteiger partial charge in [0.1, 0.15) is 164 Å². The summed E-state index contributed by atoms with van der Waals surface area (Å²) in [7, 11) is 0. The van der Waals surface area contributed by atoms with E-state index in [0.29, 0.717) is 32.1 Å². The lowest BCUT2D eigenvalue weighted by Crippen LogP contribution is -2.70. The average Bonchev–Trinajstić information content (AvgIpc) is 0.877. The van der Waals surface area contributed by atoms with Crippen LogP contribution in [0.1, 0.15) is 140 Å². The van der Waals surface area contributed by atoms with Crippen molar-refractivity contribution in [3.63, 3.8) is 0 Å². The van der Waals surface area contributed by atoms with E-state index in [0.717, 1.165) is 12.5 Å². The van der Waals surface area contributed by atoms with Gasteiger partial charge in [0.25, 0.3) is 0 Å². The molecule has 133 heavy (non-hydrogen) atoms. The zero-order valence-corrected chi connectivity index (χ0v) is 76.3. The number of hydrogen-bond acceptors (Lipinski definition) is 44. The van der Waals surface area contributed by atoms with Crippen LogP contribution >= 0.6 is 0 Å². The highest BCUT2D eigenvalue weighted by atomic mass is 16.8. The molecule has 46 atom stereocenters. The smallest absolute Gasteiger partial charge is 0.333 e. The third kappa shape index (κ3) is 20.2. The number of allylic oxidation sites excluding steroid dienone is 3. The molecule has 23 N–H and O–H groups in total. The highest BCUT2D eigenvalue weighted by Crippen LogP contribution is 2.76. The zero-order valence-electron chi connectivity index (χ0n) is 76.3. The number of rotatable bonds is 29. The molecule has 760 valence electrons. The first-order valence-corrected chi connectivity index (χ1v) is 45.6. The monoisotopic (exact) mass is 1910 g/mol. The van der Waals surface area contributed by atoms with Gasteiger partial charge in [-0.3, -0.25) is 14.4 Å². The molecule has 0 spiro atoms. The number of aliphatic hydroxyl groups is 22. The van der Waals surface area contributed by atoms with Crippen molar-refractivity contribution in [3.05, 3.63) is 36.0 Å². The van der Waals surface area contributed by atoms with Gasteiger partial charge < -0.3 is 203 Å². The number of nitrogens with one attached hydrogen (secondary N) is 1. The standard InChI is InChI=1S/C88H139NO44/c1-13-83(9,114)20-14-15-35(2)71(112)116-31-45-65(129-76-61(107)57(103)63(122-37(4)94)43(27-91)124-76)62(108)67(132-75-59(105)54(100)44(30-119-75)125-79-70(111)87(115,33-92)34-121-79)78(127-45)133-80(113)88-24-23-85(11)38(39(88)25-81(5,6)68(109)69(88)110)16-17-48-84(10)21-19-49(82(7,8)47(84)18-22-86(48,85)12)128-72-50(89-36(3)93)55(101)64(46(126-72)32-120-73-60(106)56(102)53(99)42(26-90)123-73)130-77-66(52(98)41(96)29-118-77)131-74-58(104)51(97)40(95)28-117-74/h13,15-16,39-70,72-79,90-92,95-111,114-115H,1,14,17-34H2,2-12H3,(H,89,93)/b35-15+. The molecule has 0 aromatic rings. The van der Waals surface area contributed by atoms with E-state index in [1.165, 1.54) is 32.9 Å². The Morgan fingerprint density at radius 2 is 1.11 bits per heavy atom. The number of amides is 1. The Bertz CT molecular complexity index is 4050. The number of carbonyl (C=O) groups excluding carboxylic acids is 4. The van der Waals surface area contributed by atoms with Crippen LogP contribution in [0.25, 0.3) is 0 Å². The Hall–Kier alpha value is -4.38. The van der Waals surface area contributed by atoms with Crippen molar-refractivity contribution in [1.29, 1.82) is 0 Å². The van der Waals surface area contributed by atoms with Crippen LogP contribution in [-0.2, 0) is 104 Å². The Morgan fingerprint density at radius 3 is 1.75 bits per heavy atom. The largest absolute Gasteiger partial charge is 0.459 e. The molecule has 12 fully saturated rings. The molecule has 0 bridgehead atoms. The van der Waals surface area contributed by atoms with E-state index in [1.54, 1.807) is 13.8 Å². The van der Waals surface area contributed by atoms with Crippen LogP contribution in [0.4, 0.5) is 0 Å². The van der Waals surface area contributed by atoms with Crippen LogP contribution in [0.3, 0.4) is 0 Å². The maximum atomic E-state index is 16.6. The zero-order chi connectivity index (χ0) is 97.5. The summed E-state index contributed by atoms with van der Waals surface area (Å²) in [5.41, 5.74) is -8.87. The second-order valence-electron chi connectivity index (χ2n) is 40.7. The summed E-state index contributed by atoms with van der Waals surface area (Å²) in [5.74, 6) is -5.15. The van der Waals surface area contributed by atoms with Gasteiger partial charge in [0.15, 0.2) is 56.2 Å². The minimum absolute atomic E-state index is 0.0000657. The highest BCUT2D eigenvalue weighted by molar-refractivity contribution is 5.87. The van der Waals surface area contributed by atoms with Gasteiger partial charge in [-0.25, -0.2) is 4.79 Å². The number of aliphatic hydroxyl groups excluding tert-OH is 20. The topological polar surface area (TPSA) is 692 Å². The second-order valence-corrected chi connectivity index (χ2v) is 40.7. The van der Waals surface area contributed by atoms with E-state index in [9.17, 15) is 127 Å². The molecule has 4 saturated carbocycles. The normalized spacial score (nSPS) is 49.2. The Kier molecular flexibility index (Phi) is 32.9. The fourth-order valence-corrected chi connectivity index (χ4v) is 23.1. The first-order chi connectivity index (χ1) is 62.3. The Morgan fingerprint density at radius 1 is 0.534 bits per heavy atom. The summed E-state index contributed by atoms with van der Waals surface area (Å²) in [4.78, 5) is 56.4. The van der Waals surface area contributed by atoms with Crippen molar-refractivity contribution in [1.82, 2.24) is 5.32 Å². The highest BCUT2D eigenvalue weighted by Gasteiger charge is 2.74. The predicted molar refractivity (Wildman–Crippen MR) is 441 cm³/mol. The SMILES string of the molecule is C=CC(C)(O)CC/C=C(\C)C(=O)OCC1OC(OC(=O)C23CCC4(C)C(=CCC5C6(C)CCC(OC7OC(COC8OC(CO)C(O)C(O)C8O)C(OC8OCC(O)C(O)C8OC8OCC(O)C(O)C8O)C(O)C7NC(C)=O)C(C)(C)C6CCC54C)C2CC(C)(C)C(O)C3O)C(OC2OCC(OC3OCC(O)(CO)C3O)C(O)C2O)C(O)C1OC1OC(CO)C(OC(C)=O)C(O)C1O. The van der Waals surface area contributed by atoms with Crippen molar-refractivity contribution < 1.29 is 217 Å². The van der Waals surface area contributed by atoms with Crippen LogP contribution in [0.2, 0.25) is 0 Å². The van der Waals surface area contributed by atoms with Crippen LogP contribution in [0.5, 0.6) is 0 Å². The van der Waals surface area contributed by atoms with Gasteiger partial charge in [0.05, 0.1) is 76.8 Å². The summed E-state index contributed by atoms with van der Waals surface area (Å²) in [5, 5.41) is 251. The van der Waals surface area contributed by atoms with Crippen molar-refractivity contribution in [3.8, 4) is 0 Å². The summed E-state index contributed by atoms with van der Waals surface area (Å²) >= 11 is 0. The van der Waals surface area contributed by atoms with Gasteiger partial charge in [-0.15, -0.1) is 6.58 Å². The number of fused-ring (bicyclic) bond motifs is 7. The van der Waals surface area contributed by atoms with E-state index < -0.39 is 360 Å². The second kappa shape index (κ2) is 41.3. The van der Waals surface area contributed by atoms with Gasteiger partial charge in [-0.2, -0.15) is 0 Å². The molecule has 8 aliphatic heterocycles. The lowest BCUT2D eigenvalue weighted by Gasteiger charge is -2.71. The molecule has 8 heterocycles. The van der Waals surface area contributed by atoms with Crippen molar-refractivity contribution in [2.24, 2.45) is 50.2 Å². The minimum atomic E-state index is -2.34. The van der Waals surface area contributed by atoms with Crippen LogP contribution in [0, 0.1) is 50.2 Å². The van der Waals surface area contributed by atoms with Gasteiger partial charge in [0.2, 0.25) is 12.2 Å². The summed E-state index contributed by atoms with van der Waals surface area (Å²) in [6, 6.07) is -1.52. The summed E-state index contributed by atoms with van der Waals surface area (Å²) in [6.45, 7) is 15.9. The first-order valence-electron chi connectivity index (χ1n) is 45.6. The van der Waals surface area contributed by atoms with E-state index in [4.69, 9.17) is 85.3 Å². The quantitative estimate of drug-likeness (QED) is 0.0109. The van der Waals surface area contributed by atoms with Crippen LogP contribution in [-0.4, -0.2) is 434 Å². The van der Waals surface area contributed by atoms with E-state index in [1.807, 2.05) is 13.8 Å². The number of hydrogen-bond donors (Lipinski definition) is 23. The molecule has 13 rings (SSSR count). The molecule has 0 radical (unpaired) electrons. The van der Waals surface area contributed by atoms with Gasteiger partial charge in [0, 0.05) is 19.4 Å². The molecule has 45 heteroatoms. The fraction of sp³-hybridized carbons (Fsp3) is 0.886. The molecule has 13 aliphatic rings. The Balaban J connectivity index is 0.799. The van der Waals surface area contributed by atoms with Crippen molar-refractivity contribution in [2.75, 3.05) is 59.5 Å². The molecule has 45 nitrogen and oxygen atoms in total. The molecule has 1 amide bonds. The third-order valence-corrected chi connectivity index (χ3v) is 31.4. The van der Waals surface area contributed by atoms with Gasteiger partial charge >= 0.3 is 17.9 Å².